The van der Waals surface area contributed by atoms with E-state index >= 15 is 0 Å². The Kier molecular flexibility index (Phi) is 4.50. The number of anilines is 2. The predicted molar refractivity (Wildman–Crippen MR) is 88.6 cm³/mol. The minimum absolute atomic E-state index is 0.556. The molecule has 0 aliphatic rings. The summed E-state index contributed by atoms with van der Waals surface area (Å²) in [5.41, 5.74) is 7.79. The third-order valence-electron chi connectivity index (χ3n) is 2.99. The summed E-state index contributed by atoms with van der Waals surface area (Å²) in [6.45, 7) is 0.616. The summed E-state index contributed by atoms with van der Waals surface area (Å²) >= 11 is 1.52. The fourth-order valence-corrected chi connectivity index (χ4v) is 2.71. The lowest BCUT2D eigenvalue weighted by Gasteiger charge is -2.10. The molecule has 6 heteroatoms. The van der Waals surface area contributed by atoms with E-state index in [1.165, 1.54) is 18.1 Å². The molecule has 0 unspecified atom stereocenters. The number of nitrogens with one attached hydrogen (secondary N) is 1. The highest BCUT2D eigenvalue weighted by Crippen LogP contribution is 2.32. The van der Waals surface area contributed by atoms with Gasteiger partial charge < -0.3 is 11.1 Å². The molecule has 0 atom stereocenters. The number of aromatic nitrogens is 3. The number of hydrogen-bond acceptors (Lipinski definition) is 6. The van der Waals surface area contributed by atoms with Crippen LogP contribution in [0.1, 0.15) is 5.56 Å². The Balaban J connectivity index is 1.74. The molecule has 5 nitrogen and oxygen atoms in total. The van der Waals surface area contributed by atoms with E-state index in [-0.39, 0.29) is 0 Å². The van der Waals surface area contributed by atoms with E-state index in [0.717, 1.165) is 15.5 Å². The maximum Gasteiger partial charge on any atom is 0.154 e. The largest absolute Gasteiger partial charge is 0.394 e. The van der Waals surface area contributed by atoms with Gasteiger partial charge in [0, 0.05) is 23.8 Å². The third kappa shape index (κ3) is 3.53. The normalized spacial score (nSPS) is 10.4. The molecule has 3 N–H and O–H groups in total. The van der Waals surface area contributed by atoms with Gasteiger partial charge in [0.1, 0.15) is 17.0 Å². The van der Waals surface area contributed by atoms with E-state index in [1.807, 2.05) is 48.7 Å². The van der Waals surface area contributed by atoms with E-state index in [0.29, 0.717) is 18.1 Å². The van der Waals surface area contributed by atoms with Gasteiger partial charge in [-0.3, -0.25) is 4.98 Å². The van der Waals surface area contributed by atoms with Crippen LogP contribution in [0.15, 0.2) is 71.1 Å². The fraction of sp³-hybridized carbons (Fsp3) is 0.0625. The highest BCUT2D eigenvalue weighted by atomic mass is 32.2. The zero-order valence-electron chi connectivity index (χ0n) is 11.8. The first-order valence-corrected chi connectivity index (χ1v) is 7.61. The maximum absolute atomic E-state index is 6.17. The molecule has 0 radical (unpaired) electrons. The van der Waals surface area contributed by atoms with Gasteiger partial charge in [0.05, 0.1) is 0 Å². The molecule has 2 aromatic heterocycles. The Morgan fingerprint density at radius 2 is 1.91 bits per heavy atom. The van der Waals surface area contributed by atoms with Crippen LogP contribution in [0.25, 0.3) is 0 Å². The van der Waals surface area contributed by atoms with Gasteiger partial charge in [0.15, 0.2) is 5.82 Å². The van der Waals surface area contributed by atoms with Crippen LogP contribution < -0.4 is 11.1 Å². The number of pyridine rings is 1. The van der Waals surface area contributed by atoms with E-state index in [2.05, 4.69) is 20.3 Å². The quantitative estimate of drug-likeness (QED) is 0.705. The second-order valence-corrected chi connectivity index (χ2v) is 5.63. The van der Waals surface area contributed by atoms with Gasteiger partial charge in [-0.1, -0.05) is 36.0 Å². The third-order valence-corrected chi connectivity index (χ3v) is 4.01. The molecule has 0 saturated carbocycles. The van der Waals surface area contributed by atoms with Gasteiger partial charge in [-0.15, -0.1) is 0 Å². The fourth-order valence-electron chi connectivity index (χ4n) is 1.89. The number of rotatable bonds is 5. The van der Waals surface area contributed by atoms with Gasteiger partial charge in [-0.2, -0.15) is 0 Å². The lowest BCUT2D eigenvalue weighted by atomic mass is 10.3. The SMILES string of the molecule is Nc1c(NCc2cccnc2)ncnc1Sc1ccccc1. The van der Waals surface area contributed by atoms with Gasteiger partial charge >= 0.3 is 0 Å². The molecule has 0 amide bonds. The lowest BCUT2D eigenvalue weighted by molar-refractivity contribution is 1.02. The topological polar surface area (TPSA) is 76.7 Å². The van der Waals surface area contributed by atoms with Crippen molar-refractivity contribution in [1.29, 1.82) is 0 Å². The summed E-state index contributed by atoms with van der Waals surface area (Å²) in [5.74, 6) is 0.636. The Labute approximate surface area is 133 Å². The van der Waals surface area contributed by atoms with Crippen LogP contribution in [0.4, 0.5) is 11.5 Å². The van der Waals surface area contributed by atoms with Crippen molar-refractivity contribution in [3.05, 3.63) is 66.7 Å². The van der Waals surface area contributed by atoms with Crippen molar-refractivity contribution in [2.24, 2.45) is 0 Å². The van der Waals surface area contributed by atoms with Crippen LogP contribution in [0.2, 0.25) is 0 Å². The first kappa shape index (κ1) is 14.3. The molecule has 3 aromatic rings. The van der Waals surface area contributed by atoms with Crippen molar-refractivity contribution in [2.45, 2.75) is 16.5 Å². The Hall–Kier alpha value is -2.60. The number of nitrogens with zero attached hydrogens (tertiary/aromatic N) is 3. The first-order valence-electron chi connectivity index (χ1n) is 6.79. The van der Waals surface area contributed by atoms with Crippen LogP contribution in [-0.2, 0) is 6.54 Å². The Bertz CT molecular complexity index is 734. The van der Waals surface area contributed by atoms with Crippen molar-refractivity contribution in [3.8, 4) is 0 Å². The second-order valence-electron chi connectivity index (χ2n) is 4.57. The Morgan fingerprint density at radius 1 is 1.05 bits per heavy atom. The summed E-state index contributed by atoms with van der Waals surface area (Å²) in [4.78, 5) is 13.7. The first-order chi connectivity index (χ1) is 10.8. The minimum Gasteiger partial charge on any atom is -0.394 e. The molecule has 22 heavy (non-hydrogen) atoms. The zero-order chi connectivity index (χ0) is 15.2. The predicted octanol–water partition coefficient (Wildman–Crippen LogP) is 3.22. The number of nitrogen functional groups attached to an aromatic ring is 1. The van der Waals surface area contributed by atoms with Crippen molar-refractivity contribution >= 4 is 23.3 Å². The van der Waals surface area contributed by atoms with Crippen LogP contribution >= 0.6 is 11.8 Å². The molecule has 2 heterocycles. The standard InChI is InChI=1S/C16H15N5S/c17-14-15(19-10-12-5-4-8-18-9-12)20-11-21-16(14)22-13-6-2-1-3-7-13/h1-9,11H,10,17H2,(H,19,20,21). The Morgan fingerprint density at radius 3 is 2.68 bits per heavy atom. The summed E-state index contributed by atoms with van der Waals surface area (Å²) in [6.07, 6.45) is 5.08. The molecule has 110 valence electrons. The second kappa shape index (κ2) is 6.91. The molecular weight excluding hydrogens is 294 g/mol. The molecule has 3 rings (SSSR count). The maximum atomic E-state index is 6.17. The minimum atomic E-state index is 0.556. The van der Waals surface area contributed by atoms with E-state index in [4.69, 9.17) is 5.73 Å². The smallest absolute Gasteiger partial charge is 0.154 e. The molecule has 0 aliphatic carbocycles. The summed E-state index contributed by atoms with van der Waals surface area (Å²) in [7, 11) is 0. The van der Waals surface area contributed by atoms with Crippen molar-refractivity contribution < 1.29 is 0 Å². The van der Waals surface area contributed by atoms with Gasteiger partial charge in [-0.25, -0.2) is 9.97 Å². The van der Waals surface area contributed by atoms with E-state index in [1.54, 1.807) is 6.20 Å². The van der Waals surface area contributed by atoms with Gasteiger partial charge in [-0.05, 0) is 23.8 Å². The van der Waals surface area contributed by atoms with Crippen LogP contribution in [0, 0.1) is 0 Å². The van der Waals surface area contributed by atoms with Crippen molar-refractivity contribution in [2.75, 3.05) is 11.1 Å². The van der Waals surface area contributed by atoms with Crippen LogP contribution in [0.3, 0.4) is 0 Å². The molecule has 0 spiro atoms. The molecule has 0 bridgehead atoms. The average molecular weight is 309 g/mol. The van der Waals surface area contributed by atoms with Crippen molar-refractivity contribution in [3.63, 3.8) is 0 Å². The van der Waals surface area contributed by atoms with Crippen LogP contribution in [-0.4, -0.2) is 15.0 Å². The lowest BCUT2D eigenvalue weighted by Crippen LogP contribution is -2.06. The number of nitrogens with two attached hydrogens (primary N) is 1. The summed E-state index contributed by atoms with van der Waals surface area (Å²) in [6, 6.07) is 13.9. The number of hydrogen-bond donors (Lipinski definition) is 2. The molecule has 1 aromatic carbocycles. The molecule has 0 saturated heterocycles. The summed E-state index contributed by atoms with van der Waals surface area (Å²) in [5, 5.41) is 3.97. The van der Waals surface area contributed by atoms with Crippen molar-refractivity contribution in [1.82, 2.24) is 15.0 Å². The van der Waals surface area contributed by atoms with Gasteiger partial charge in [0.2, 0.25) is 0 Å². The summed E-state index contributed by atoms with van der Waals surface area (Å²) < 4.78 is 0. The average Bonchev–Trinajstić information content (AvgIpc) is 2.58. The number of benzene rings is 1. The van der Waals surface area contributed by atoms with Gasteiger partial charge in [0.25, 0.3) is 0 Å². The monoisotopic (exact) mass is 309 g/mol. The zero-order valence-corrected chi connectivity index (χ0v) is 12.6. The molecule has 0 aliphatic heterocycles. The molecule has 0 fully saturated rings. The van der Waals surface area contributed by atoms with E-state index in [9.17, 15) is 0 Å². The molecular formula is C16H15N5S. The van der Waals surface area contributed by atoms with E-state index < -0.39 is 0 Å². The highest BCUT2D eigenvalue weighted by Gasteiger charge is 2.09. The highest BCUT2D eigenvalue weighted by molar-refractivity contribution is 7.99. The van der Waals surface area contributed by atoms with Crippen LogP contribution in [0.5, 0.6) is 0 Å².